The topological polar surface area (TPSA) is 15.3 Å². The summed E-state index contributed by atoms with van der Waals surface area (Å²) >= 11 is 6.30. The molecule has 2 rings (SSSR count). The van der Waals surface area contributed by atoms with Crippen molar-refractivity contribution in [3.8, 4) is 0 Å². The van der Waals surface area contributed by atoms with Crippen molar-refractivity contribution in [1.82, 2.24) is 10.2 Å². The number of nitrogens with zero attached hydrogens (tertiary/aromatic N) is 1. The average Bonchev–Trinajstić information content (AvgIpc) is 2.48. The summed E-state index contributed by atoms with van der Waals surface area (Å²) in [7, 11) is 0. The first kappa shape index (κ1) is 16.8. The van der Waals surface area contributed by atoms with Crippen molar-refractivity contribution in [3.05, 3.63) is 34.9 Å². The summed E-state index contributed by atoms with van der Waals surface area (Å²) in [4.78, 5) is 2.62. The first-order chi connectivity index (χ1) is 10.1. The second-order valence-electron chi connectivity index (χ2n) is 6.40. The highest BCUT2D eigenvalue weighted by Crippen LogP contribution is 2.25. The van der Waals surface area contributed by atoms with Crippen LogP contribution in [0.2, 0.25) is 5.02 Å². The quantitative estimate of drug-likeness (QED) is 0.832. The average molecular weight is 309 g/mol. The molecule has 1 fully saturated rings. The van der Waals surface area contributed by atoms with Crippen molar-refractivity contribution < 1.29 is 0 Å². The number of halogens is 1. The van der Waals surface area contributed by atoms with Gasteiger partial charge in [-0.1, -0.05) is 36.7 Å². The summed E-state index contributed by atoms with van der Waals surface area (Å²) in [6, 6.07) is 8.98. The Balaban J connectivity index is 1.91. The summed E-state index contributed by atoms with van der Waals surface area (Å²) in [6.45, 7) is 10.6. The molecule has 1 aliphatic rings. The van der Waals surface area contributed by atoms with Crippen molar-refractivity contribution in [1.29, 1.82) is 0 Å². The highest BCUT2D eigenvalue weighted by atomic mass is 35.5. The number of hydrogen-bond acceptors (Lipinski definition) is 2. The zero-order valence-electron chi connectivity index (χ0n) is 13.6. The Kier molecular flexibility index (Phi) is 6.53. The van der Waals surface area contributed by atoms with Gasteiger partial charge in [0.25, 0.3) is 0 Å². The minimum atomic E-state index is 0.301. The minimum absolute atomic E-state index is 0.301. The SMILES string of the molecule is CCCN1CCCC(C(C)N[C@H](C)c2ccccc2Cl)C1. The number of rotatable bonds is 6. The first-order valence-corrected chi connectivity index (χ1v) is 8.72. The minimum Gasteiger partial charge on any atom is -0.307 e. The first-order valence-electron chi connectivity index (χ1n) is 8.34. The van der Waals surface area contributed by atoms with Gasteiger partial charge >= 0.3 is 0 Å². The molecule has 0 saturated carbocycles. The van der Waals surface area contributed by atoms with Crippen LogP contribution >= 0.6 is 11.6 Å². The number of benzene rings is 1. The third kappa shape index (κ3) is 4.70. The van der Waals surface area contributed by atoms with E-state index in [2.05, 4.69) is 43.1 Å². The lowest BCUT2D eigenvalue weighted by atomic mass is 9.90. The Labute approximate surface area is 134 Å². The molecule has 1 saturated heterocycles. The molecule has 0 bridgehead atoms. The molecule has 0 amide bonds. The maximum atomic E-state index is 6.30. The lowest BCUT2D eigenvalue weighted by molar-refractivity contribution is 0.147. The van der Waals surface area contributed by atoms with Crippen molar-refractivity contribution in [3.63, 3.8) is 0 Å². The Morgan fingerprint density at radius 3 is 2.81 bits per heavy atom. The molecule has 1 aliphatic heterocycles. The molecule has 118 valence electrons. The molecule has 21 heavy (non-hydrogen) atoms. The fourth-order valence-electron chi connectivity index (χ4n) is 3.47. The van der Waals surface area contributed by atoms with E-state index in [0.29, 0.717) is 12.1 Å². The van der Waals surface area contributed by atoms with Gasteiger partial charge in [0, 0.05) is 23.7 Å². The van der Waals surface area contributed by atoms with E-state index in [1.165, 1.54) is 44.5 Å². The Morgan fingerprint density at radius 1 is 1.33 bits per heavy atom. The van der Waals surface area contributed by atoms with E-state index in [1.807, 2.05) is 12.1 Å². The van der Waals surface area contributed by atoms with Gasteiger partial charge in [-0.05, 0) is 63.7 Å². The molecule has 0 aliphatic carbocycles. The van der Waals surface area contributed by atoms with Crippen molar-refractivity contribution >= 4 is 11.6 Å². The summed E-state index contributed by atoms with van der Waals surface area (Å²) < 4.78 is 0. The Hall–Kier alpha value is -0.570. The fraction of sp³-hybridized carbons (Fsp3) is 0.667. The van der Waals surface area contributed by atoms with Crippen LogP contribution in [0.15, 0.2) is 24.3 Å². The predicted octanol–water partition coefficient (Wildman–Crippen LogP) is 4.50. The van der Waals surface area contributed by atoms with Crippen LogP contribution in [-0.4, -0.2) is 30.6 Å². The lowest BCUT2D eigenvalue weighted by Crippen LogP contribution is -2.45. The maximum Gasteiger partial charge on any atom is 0.0453 e. The van der Waals surface area contributed by atoms with Gasteiger partial charge in [-0.2, -0.15) is 0 Å². The molecule has 3 atom stereocenters. The van der Waals surface area contributed by atoms with Crippen LogP contribution in [0.25, 0.3) is 0 Å². The van der Waals surface area contributed by atoms with E-state index in [-0.39, 0.29) is 0 Å². The van der Waals surface area contributed by atoms with Crippen molar-refractivity contribution in [2.45, 2.75) is 52.1 Å². The predicted molar refractivity (Wildman–Crippen MR) is 91.9 cm³/mol. The van der Waals surface area contributed by atoms with E-state index >= 15 is 0 Å². The number of nitrogens with one attached hydrogen (secondary N) is 1. The number of piperidine rings is 1. The molecule has 1 N–H and O–H groups in total. The number of hydrogen-bond donors (Lipinski definition) is 1. The summed E-state index contributed by atoms with van der Waals surface area (Å²) in [5.74, 6) is 0.746. The molecule has 1 aromatic rings. The highest BCUT2D eigenvalue weighted by molar-refractivity contribution is 6.31. The summed E-state index contributed by atoms with van der Waals surface area (Å²) in [5.41, 5.74) is 1.20. The Bertz CT molecular complexity index is 433. The third-order valence-electron chi connectivity index (χ3n) is 4.67. The van der Waals surface area contributed by atoms with E-state index in [9.17, 15) is 0 Å². The van der Waals surface area contributed by atoms with Gasteiger partial charge in [-0.15, -0.1) is 0 Å². The fourth-order valence-corrected chi connectivity index (χ4v) is 3.76. The zero-order chi connectivity index (χ0) is 15.2. The van der Waals surface area contributed by atoms with Crippen molar-refractivity contribution in [2.75, 3.05) is 19.6 Å². The molecule has 0 spiro atoms. The zero-order valence-corrected chi connectivity index (χ0v) is 14.4. The van der Waals surface area contributed by atoms with Crippen molar-refractivity contribution in [2.24, 2.45) is 5.92 Å². The van der Waals surface area contributed by atoms with E-state index < -0.39 is 0 Å². The van der Waals surface area contributed by atoms with E-state index in [0.717, 1.165) is 10.9 Å². The van der Waals surface area contributed by atoms with Gasteiger partial charge in [0.1, 0.15) is 0 Å². The van der Waals surface area contributed by atoms with Gasteiger partial charge in [0.15, 0.2) is 0 Å². The molecule has 2 nitrogen and oxygen atoms in total. The molecule has 1 aromatic carbocycles. The lowest BCUT2D eigenvalue weighted by Gasteiger charge is -2.37. The summed E-state index contributed by atoms with van der Waals surface area (Å²) in [6.07, 6.45) is 3.92. The monoisotopic (exact) mass is 308 g/mol. The van der Waals surface area contributed by atoms with Crippen LogP contribution in [0.1, 0.15) is 51.6 Å². The molecule has 3 heteroatoms. The molecular weight excluding hydrogens is 280 g/mol. The van der Waals surface area contributed by atoms with Crippen LogP contribution in [0.4, 0.5) is 0 Å². The van der Waals surface area contributed by atoms with Crippen LogP contribution in [0.3, 0.4) is 0 Å². The molecule has 2 unspecified atom stereocenters. The molecule has 0 aromatic heterocycles. The smallest absolute Gasteiger partial charge is 0.0453 e. The second-order valence-corrected chi connectivity index (χ2v) is 6.81. The van der Waals surface area contributed by atoms with Crippen LogP contribution in [-0.2, 0) is 0 Å². The standard InChI is InChI=1S/C18H29ClN2/c1-4-11-21-12-7-8-16(13-21)14(2)20-15(3)17-9-5-6-10-18(17)19/h5-6,9-10,14-16,20H,4,7-8,11-13H2,1-3H3/t14?,15-,16?/m1/s1. The van der Waals surface area contributed by atoms with Crippen LogP contribution in [0, 0.1) is 5.92 Å². The molecule has 1 heterocycles. The van der Waals surface area contributed by atoms with E-state index in [1.54, 1.807) is 0 Å². The molecule has 0 radical (unpaired) electrons. The Morgan fingerprint density at radius 2 is 2.10 bits per heavy atom. The molecular formula is C18H29ClN2. The van der Waals surface area contributed by atoms with Crippen LogP contribution < -0.4 is 5.32 Å². The summed E-state index contributed by atoms with van der Waals surface area (Å²) in [5, 5.41) is 4.62. The largest absolute Gasteiger partial charge is 0.307 e. The van der Waals surface area contributed by atoms with Gasteiger partial charge in [0.2, 0.25) is 0 Å². The van der Waals surface area contributed by atoms with Gasteiger partial charge in [0.05, 0.1) is 0 Å². The van der Waals surface area contributed by atoms with Gasteiger partial charge < -0.3 is 10.2 Å². The van der Waals surface area contributed by atoms with E-state index in [4.69, 9.17) is 11.6 Å². The highest BCUT2D eigenvalue weighted by Gasteiger charge is 2.25. The number of likely N-dealkylation sites (tertiary alicyclic amines) is 1. The third-order valence-corrected chi connectivity index (χ3v) is 5.02. The normalized spacial score (nSPS) is 23.0. The maximum absolute atomic E-state index is 6.30. The van der Waals surface area contributed by atoms with Gasteiger partial charge in [-0.25, -0.2) is 0 Å². The second kappa shape index (κ2) is 8.17. The van der Waals surface area contributed by atoms with Crippen LogP contribution in [0.5, 0.6) is 0 Å². The van der Waals surface area contributed by atoms with Gasteiger partial charge in [-0.3, -0.25) is 0 Å².